The van der Waals surface area contributed by atoms with Gasteiger partial charge in [0, 0.05) is 43.7 Å². The average molecular weight is 671 g/mol. The maximum absolute atomic E-state index is 13.2. The van der Waals surface area contributed by atoms with Crippen LogP contribution >= 0.6 is 11.6 Å². The van der Waals surface area contributed by atoms with Crippen LogP contribution in [0.15, 0.2) is 12.3 Å². The number of alkyl halides is 8. The molecule has 242 valence electrons. The van der Waals surface area contributed by atoms with E-state index in [-0.39, 0.29) is 44.5 Å². The Hall–Kier alpha value is -2.73. The van der Waals surface area contributed by atoms with Crippen LogP contribution in [-0.4, -0.2) is 76.8 Å². The average Bonchev–Trinajstić information content (AvgIpc) is 3.20. The molecule has 2 aromatic rings. The third-order valence-corrected chi connectivity index (χ3v) is 9.09. The van der Waals surface area contributed by atoms with Crippen molar-refractivity contribution in [3.05, 3.63) is 28.7 Å². The van der Waals surface area contributed by atoms with Crippen molar-refractivity contribution in [2.24, 2.45) is 5.92 Å². The van der Waals surface area contributed by atoms with Gasteiger partial charge in [0.25, 0.3) is 5.91 Å². The minimum absolute atomic E-state index is 0.0285. The first kappa shape index (κ1) is 34.8. The van der Waals surface area contributed by atoms with E-state index in [1.165, 1.54) is 6.92 Å². The first-order valence-electron chi connectivity index (χ1n) is 12.7. The van der Waals surface area contributed by atoms with Crippen molar-refractivity contribution >= 4 is 27.3 Å². The zero-order valence-corrected chi connectivity index (χ0v) is 24.1. The smallest absolute Gasteiger partial charge is 0.400 e. The SMILES string of the molecule is CCn1nc(C(=O)NC[C@]2(O)CC[C@H](S(C)(=O)=O)CC2)c(Cl)c1-c1cnc(CC(C(F)(F)F)C(F)(F)F)cc1OC(F)F. The fourth-order valence-corrected chi connectivity index (χ4v) is 6.13. The lowest BCUT2D eigenvalue weighted by Gasteiger charge is -2.35. The lowest BCUT2D eigenvalue weighted by Crippen LogP contribution is -2.47. The van der Waals surface area contributed by atoms with Crippen molar-refractivity contribution in [1.29, 1.82) is 0 Å². The summed E-state index contributed by atoms with van der Waals surface area (Å²) in [5, 5.41) is 16.2. The van der Waals surface area contributed by atoms with E-state index in [0.29, 0.717) is 12.3 Å². The summed E-state index contributed by atoms with van der Waals surface area (Å²) in [6.45, 7) is -2.36. The highest BCUT2D eigenvalue weighted by Gasteiger charge is 2.56. The lowest BCUT2D eigenvalue weighted by atomic mass is 9.84. The van der Waals surface area contributed by atoms with Gasteiger partial charge in [-0.25, -0.2) is 8.42 Å². The van der Waals surface area contributed by atoms with Crippen LogP contribution in [0, 0.1) is 5.92 Å². The molecule has 0 atom stereocenters. The number of pyridine rings is 1. The highest BCUT2D eigenvalue weighted by atomic mass is 35.5. The van der Waals surface area contributed by atoms with Crippen LogP contribution in [0.25, 0.3) is 11.3 Å². The van der Waals surface area contributed by atoms with Gasteiger partial charge in [-0.1, -0.05) is 11.6 Å². The summed E-state index contributed by atoms with van der Waals surface area (Å²) in [5.74, 6) is -5.59. The summed E-state index contributed by atoms with van der Waals surface area (Å²) in [4.78, 5) is 16.5. The number of rotatable bonds is 10. The predicted molar refractivity (Wildman–Crippen MR) is 136 cm³/mol. The zero-order valence-electron chi connectivity index (χ0n) is 22.6. The van der Waals surface area contributed by atoms with Crippen LogP contribution in [0.4, 0.5) is 35.1 Å². The van der Waals surface area contributed by atoms with Crippen molar-refractivity contribution in [3.8, 4) is 17.0 Å². The van der Waals surface area contributed by atoms with E-state index < -0.39 is 85.6 Å². The van der Waals surface area contributed by atoms with Crippen LogP contribution in [-0.2, 0) is 22.8 Å². The molecule has 3 rings (SSSR count). The summed E-state index contributed by atoms with van der Waals surface area (Å²) < 4.78 is 134. The fourth-order valence-electron chi connectivity index (χ4n) is 4.72. The molecule has 19 heteroatoms. The Balaban J connectivity index is 1.91. The van der Waals surface area contributed by atoms with Gasteiger partial charge < -0.3 is 15.2 Å². The van der Waals surface area contributed by atoms with Crippen molar-refractivity contribution in [2.75, 3.05) is 12.8 Å². The fraction of sp³-hybridized carbons (Fsp3) is 0.625. The molecule has 2 aromatic heterocycles. The number of aromatic nitrogens is 3. The van der Waals surface area contributed by atoms with E-state index in [9.17, 15) is 53.4 Å². The molecule has 0 aliphatic heterocycles. The number of carbonyl (C=O) groups excluding carboxylic acids is 1. The number of carbonyl (C=O) groups is 1. The van der Waals surface area contributed by atoms with Crippen LogP contribution in [0.3, 0.4) is 0 Å². The second kappa shape index (κ2) is 12.7. The number of aryl methyl sites for hydroxylation is 1. The summed E-state index contributed by atoms with van der Waals surface area (Å²) >= 11 is 6.37. The first-order valence-corrected chi connectivity index (χ1v) is 15.0. The molecule has 2 heterocycles. The highest BCUT2D eigenvalue weighted by molar-refractivity contribution is 7.91. The molecule has 1 saturated carbocycles. The van der Waals surface area contributed by atoms with Gasteiger partial charge in [-0.3, -0.25) is 14.5 Å². The van der Waals surface area contributed by atoms with Gasteiger partial charge in [0.1, 0.15) is 15.6 Å². The second-order valence-corrected chi connectivity index (χ2v) is 12.9. The van der Waals surface area contributed by atoms with E-state index in [0.717, 1.165) is 10.9 Å². The Kier molecular flexibility index (Phi) is 10.3. The normalized spacial score (nSPS) is 20.1. The Bertz CT molecular complexity index is 1410. The number of halogens is 9. The molecule has 43 heavy (non-hydrogen) atoms. The number of sulfone groups is 1. The quantitative estimate of drug-likeness (QED) is 0.343. The van der Waals surface area contributed by atoms with E-state index in [1.54, 1.807) is 0 Å². The number of nitrogens with one attached hydrogen (secondary N) is 1. The van der Waals surface area contributed by atoms with Gasteiger partial charge in [0.2, 0.25) is 0 Å². The van der Waals surface area contributed by atoms with Crippen molar-refractivity contribution in [2.45, 2.75) is 75.4 Å². The summed E-state index contributed by atoms with van der Waals surface area (Å²) in [5.41, 5.74) is -3.35. The van der Waals surface area contributed by atoms with Gasteiger partial charge in [-0.15, -0.1) is 0 Å². The Morgan fingerprint density at radius 3 is 2.28 bits per heavy atom. The van der Waals surface area contributed by atoms with Gasteiger partial charge in [-0.2, -0.15) is 40.2 Å². The van der Waals surface area contributed by atoms with Gasteiger partial charge in [0.05, 0.1) is 27.1 Å². The molecule has 0 spiro atoms. The molecule has 9 nitrogen and oxygen atoms in total. The van der Waals surface area contributed by atoms with E-state index in [2.05, 4.69) is 20.1 Å². The first-order chi connectivity index (χ1) is 19.7. The monoisotopic (exact) mass is 670 g/mol. The minimum Gasteiger partial charge on any atom is -0.434 e. The maximum Gasteiger partial charge on any atom is 0.400 e. The second-order valence-electron chi connectivity index (χ2n) is 10.2. The topological polar surface area (TPSA) is 123 Å². The number of hydrogen-bond donors (Lipinski definition) is 2. The van der Waals surface area contributed by atoms with Gasteiger partial charge >= 0.3 is 19.0 Å². The van der Waals surface area contributed by atoms with Crippen LogP contribution in [0.2, 0.25) is 5.02 Å². The number of nitrogens with zero attached hydrogens (tertiary/aromatic N) is 3. The molecular formula is C24H27ClF8N4O5S. The van der Waals surface area contributed by atoms with Crippen LogP contribution < -0.4 is 10.1 Å². The highest BCUT2D eigenvalue weighted by Crippen LogP contribution is 2.43. The molecule has 1 amide bonds. The molecule has 1 fully saturated rings. The molecule has 0 radical (unpaired) electrons. The van der Waals surface area contributed by atoms with Crippen LogP contribution in [0.1, 0.15) is 48.8 Å². The Morgan fingerprint density at radius 1 is 1.21 bits per heavy atom. The van der Waals surface area contributed by atoms with Crippen molar-refractivity contribution in [1.82, 2.24) is 20.1 Å². The lowest BCUT2D eigenvalue weighted by molar-refractivity contribution is -0.283. The number of amides is 1. The number of aliphatic hydroxyl groups is 1. The summed E-state index contributed by atoms with van der Waals surface area (Å²) in [6, 6.07) is 0.497. The Morgan fingerprint density at radius 2 is 1.79 bits per heavy atom. The largest absolute Gasteiger partial charge is 0.434 e. The Labute approximate surface area is 245 Å². The standard InChI is InChI=1S/C24H27ClF8N4O5S/c1-3-37-19(14-10-34-12(8-15(14)42-21(26)27)9-16(23(28,29)30)24(31,32)33)17(25)18(36-37)20(38)35-11-22(39)6-4-13(5-7-22)43(2,40)41/h8,10,13,16,21,39H,3-7,9,11H2,1-2H3,(H,35,38)/t13-,22-. The summed E-state index contributed by atoms with van der Waals surface area (Å²) in [7, 11) is -3.31. The molecule has 0 saturated heterocycles. The molecule has 0 aromatic carbocycles. The molecule has 2 N–H and O–H groups in total. The van der Waals surface area contributed by atoms with E-state index >= 15 is 0 Å². The molecular weight excluding hydrogens is 644 g/mol. The van der Waals surface area contributed by atoms with E-state index in [1.807, 2.05) is 0 Å². The van der Waals surface area contributed by atoms with Gasteiger partial charge in [0.15, 0.2) is 11.6 Å². The number of ether oxygens (including phenoxy) is 1. The van der Waals surface area contributed by atoms with Crippen molar-refractivity contribution in [3.63, 3.8) is 0 Å². The zero-order chi connectivity index (χ0) is 32.5. The minimum atomic E-state index is -5.70. The third-order valence-electron chi connectivity index (χ3n) is 7.05. The van der Waals surface area contributed by atoms with Crippen LogP contribution in [0.5, 0.6) is 5.75 Å². The van der Waals surface area contributed by atoms with Crippen molar-refractivity contribution < 1.29 is 58.2 Å². The maximum atomic E-state index is 13.2. The third kappa shape index (κ3) is 8.47. The molecule has 0 unspecified atom stereocenters. The van der Waals surface area contributed by atoms with Gasteiger partial charge in [-0.05, 0) is 32.6 Å². The summed E-state index contributed by atoms with van der Waals surface area (Å²) in [6.07, 6.45) is -10.8. The number of hydrogen-bond acceptors (Lipinski definition) is 7. The van der Waals surface area contributed by atoms with E-state index in [4.69, 9.17) is 11.6 Å². The molecule has 1 aliphatic rings. The molecule has 0 bridgehead atoms. The predicted octanol–water partition coefficient (Wildman–Crippen LogP) is 4.95. The molecule has 1 aliphatic carbocycles.